The second-order valence-electron chi connectivity index (χ2n) is 6.38. The number of nitrogens with zero attached hydrogens (tertiary/aromatic N) is 2. The van der Waals surface area contributed by atoms with E-state index in [1.54, 1.807) is 30.3 Å². The lowest BCUT2D eigenvalue weighted by atomic mass is 9.96. The van der Waals surface area contributed by atoms with Gasteiger partial charge in [-0.15, -0.1) is 0 Å². The average Bonchev–Trinajstić information content (AvgIpc) is 3.03. The van der Waals surface area contributed by atoms with Crippen LogP contribution in [0.3, 0.4) is 0 Å². The van der Waals surface area contributed by atoms with Crippen molar-refractivity contribution in [1.82, 2.24) is 9.78 Å². The third kappa shape index (κ3) is 4.82. The van der Waals surface area contributed by atoms with Gasteiger partial charge in [-0.1, -0.05) is 19.3 Å². The van der Waals surface area contributed by atoms with Crippen molar-refractivity contribution in [3.63, 3.8) is 0 Å². The van der Waals surface area contributed by atoms with Gasteiger partial charge < -0.3 is 5.32 Å². The first-order valence-electron chi connectivity index (χ1n) is 8.35. The van der Waals surface area contributed by atoms with Crippen LogP contribution in [0.2, 0.25) is 0 Å². The number of carbonyl (C=O) groups is 1. The Hall–Kier alpha value is -2.35. The highest BCUT2D eigenvalue weighted by Gasteiger charge is 2.16. The highest BCUT2D eigenvalue weighted by Crippen LogP contribution is 2.27. The fraction of sp³-hybridized carbons (Fsp3) is 0.412. The van der Waals surface area contributed by atoms with E-state index in [-0.39, 0.29) is 5.91 Å². The Kier molecular flexibility index (Phi) is 5.08. The maximum absolute atomic E-state index is 12.3. The van der Waals surface area contributed by atoms with Gasteiger partial charge >= 0.3 is 0 Å². The Labute approximate surface area is 147 Å². The zero-order chi connectivity index (χ0) is 17.9. The van der Waals surface area contributed by atoms with Gasteiger partial charge in [0, 0.05) is 23.5 Å². The Morgan fingerprint density at radius 3 is 2.44 bits per heavy atom. The molecule has 1 fully saturated rings. The Morgan fingerprint density at radius 1 is 1.12 bits per heavy atom. The maximum Gasteiger partial charge on any atom is 0.256 e. The molecule has 134 valence electrons. The molecule has 1 heterocycles. The van der Waals surface area contributed by atoms with E-state index in [0.717, 1.165) is 19.1 Å². The van der Waals surface area contributed by atoms with Gasteiger partial charge in [0.25, 0.3) is 5.91 Å². The smallest absolute Gasteiger partial charge is 0.256 e. The lowest BCUT2D eigenvalue weighted by Crippen LogP contribution is -2.15. The van der Waals surface area contributed by atoms with Gasteiger partial charge in [-0.05, 0) is 37.1 Å². The average molecular weight is 362 g/mol. The highest BCUT2D eigenvalue weighted by atomic mass is 32.2. The number of benzene rings is 1. The summed E-state index contributed by atoms with van der Waals surface area (Å²) in [4.78, 5) is 12.3. The fourth-order valence-corrected chi connectivity index (χ4v) is 3.61. The van der Waals surface area contributed by atoms with Crippen LogP contribution in [0, 0.1) is 0 Å². The van der Waals surface area contributed by atoms with Crippen LogP contribution in [0.15, 0.2) is 36.5 Å². The lowest BCUT2D eigenvalue weighted by molar-refractivity contribution is 0.102. The van der Waals surface area contributed by atoms with E-state index in [0.29, 0.717) is 23.1 Å². The molecule has 1 aliphatic rings. The molecule has 25 heavy (non-hydrogen) atoms. The van der Waals surface area contributed by atoms with Crippen LogP contribution in [0.25, 0.3) is 0 Å². The van der Waals surface area contributed by atoms with Gasteiger partial charge in [0.05, 0.1) is 12.3 Å². The maximum atomic E-state index is 12.3. The minimum atomic E-state index is -3.33. The van der Waals surface area contributed by atoms with Crippen LogP contribution in [0.1, 0.15) is 48.5 Å². The molecule has 0 aliphatic heterocycles. The van der Waals surface area contributed by atoms with Crippen molar-refractivity contribution in [3.05, 3.63) is 42.1 Å². The van der Waals surface area contributed by atoms with E-state index < -0.39 is 10.0 Å². The van der Waals surface area contributed by atoms with Gasteiger partial charge in [-0.2, -0.15) is 5.10 Å². The Morgan fingerprint density at radius 2 is 1.80 bits per heavy atom. The summed E-state index contributed by atoms with van der Waals surface area (Å²) >= 11 is 0. The van der Waals surface area contributed by atoms with Gasteiger partial charge in [-0.3, -0.25) is 14.2 Å². The molecule has 8 heteroatoms. The molecule has 1 aromatic heterocycles. The van der Waals surface area contributed by atoms with Crippen LogP contribution in [0.4, 0.5) is 11.5 Å². The number of sulfonamides is 1. The monoisotopic (exact) mass is 362 g/mol. The van der Waals surface area contributed by atoms with E-state index in [4.69, 9.17) is 0 Å². The van der Waals surface area contributed by atoms with Crippen LogP contribution < -0.4 is 10.0 Å². The van der Waals surface area contributed by atoms with Crippen molar-refractivity contribution in [1.29, 1.82) is 0 Å². The molecule has 1 aliphatic carbocycles. The lowest BCUT2D eigenvalue weighted by Gasteiger charge is -2.21. The molecule has 0 radical (unpaired) electrons. The molecule has 2 aromatic rings. The minimum absolute atomic E-state index is 0.278. The van der Waals surface area contributed by atoms with Crippen molar-refractivity contribution in [3.8, 4) is 0 Å². The second kappa shape index (κ2) is 7.26. The summed E-state index contributed by atoms with van der Waals surface area (Å²) in [5, 5.41) is 7.23. The summed E-state index contributed by atoms with van der Waals surface area (Å²) in [7, 11) is -3.33. The Balaban J connectivity index is 1.63. The number of aromatic nitrogens is 2. The zero-order valence-electron chi connectivity index (χ0n) is 14.1. The van der Waals surface area contributed by atoms with Gasteiger partial charge in [0.15, 0.2) is 5.82 Å². The van der Waals surface area contributed by atoms with Crippen molar-refractivity contribution in [2.75, 3.05) is 16.3 Å². The molecule has 1 saturated carbocycles. The predicted octanol–water partition coefficient (Wildman–Crippen LogP) is 3.01. The first-order valence-corrected chi connectivity index (χ1v) is 10.2. The first-order chi connectivity index (χ1) is 11.9. The van der Waals surface area contributed by atoms with E-state index in [9.17, 15) is 13.2 Å². The van der Waals surface area contributed by atoms with Gasteiger partial charge in [0.2, 0.25) is 10.0 Å². The number of nitrogens with one attached hydrogen (secondary N) is 2. The van der Waals surface area contributed by atoms with Crippen molar-refractivity contribution in [2.24, 2.45) is 0 Å². The highest BCUT2D eigenvalue weighted by molar-refractivity contribution is 7.92. The third-order valence-electron chi connectivity index (χ3n) is 4.25. The molecule has 1 amide bonds. The van der Waals surface area contributed by atoms with Crippen LogP contribution in [-0.4, -0.2) is 30.4 Å². The summed E-state index contributed by atoms with van der Waals surface area (Å²) in [5.74, 6) is 0.244. The first kappa shape index (κ1) is 17.5. The van der Waals surface area contributed by atoms with Crippen LogP contribution in [0.5, 0.6) is 0 Å². The van der Waals surface area contributed by atoms with E-state index in [2.05, 4.69) is 15.1 Å². The number of amides is 1. The van der Waals surface area contributed by atoms with E-state index >= 15 is 0 Å². The molecule has 2 N–H and O–H groups in total. The standard InChI is InChI=1S/C17H22N4O3S/c1-25(23,24)20-14-9-7-13(8-10-14)17(22)18-16-11-12-21(19-16)15-5-3-2-4-6-15/h7-12,15,20H,2-6H2,1H3,(H,18,19,22). The quantitative estimate of drug-likeness (QED) is 0.855. The molecule has 0 unspecified atom stereocenters. The number of hydrogen-bond acceptors (Lipinski definition) is 4. The summed E-state index contributed by atoms with van der Waals surface area (Å²) in [6.07, 6.45) is 8.97. The molecular weight excluding hydrogens is 340 g/mol. The minimum Gasteiger partial charge on any atom is -0.305 e. The number of rotatable bonds is 5. The number of anilines is 2. The van der Waals surface area contributed by atoms with Gasteiger partial charge in [-0.25, -0.2) is 8.42 Å². The number of hydrogen-bond donors (Lipinski definition) is 2. The molecular formula is C17H22N4O3S. The van der Waals surface area contributed by atoms with E-state index in [1.165, 1.54) is 19.3 Å². The number of carbonyl (C=O) groups excluding carboxylic acids is 1. The largest absolute Gasteiger partial charge is 0.305 e. The summed E-state index contributed by atoms with van der Waals surface area (Å²) < 4.78 is 26.7. The molecule has 0 saturated heterocycles. The summed E-state index contributed by atoms with van der Waals surface area (Å²) in [6.45, 7) is 0. The topological polar surface area (TPSA) is 93.1 Å². The summed E-state index contributed by atoms with van der Waals surface area (Å²) in [5.41, 5.74) is 0.854. The SMILES string of the molecule is CS(=O)(=O)Nc1ccc(C(=O)Nc2ccn(C3CCCCC3)n2)cc1. The van der Waals surface area contributed by atoms with Crippen molar-refractivity contribution >= 4 is 27.4 Å². The van der Waals surface area contributed by atoms with Crippen molar-refractivity contribution < 1.29 is 13.2 Å². The molecule has 0 bridgehead atoms. The fourth-order valence-electron chi connectivity index (χ4n) is 3.05. The molecule has 3 rings (SSSR count). The predicted molar refractivity (Wildman–Crippen MR) is 97.2 cm³/mol. The molecule has 0 spiro atoms. The van der Waals surface area contributed by atoms with Gasteiger partial charge in [0.1, 0.15) is 0 Å². The van der Waals surface area contributed by atoms with Crippen LogP contribution in [-0.2, 0) is 10.0 Å². The summed E-state index contributed by atoms with van der Waals surface area (Å²) in [6, 6.07) is 8.46. The third-order valence-corrected chi connectivity index (χ3v) is 4.86. The molecule has 1 aromatic carbocycles. The molecule has 0 atom stereocenters. The molecule has 7 nitrogen and oxygen atoms in total. The zero-order valence-corrected chi connectivity index (χ0v) is 14.9. The normalized spacial score (nSPS) is 15.7. The van der Waals surface area contributed by atoms with E-state index in [1.807, 2.05) is 10.9 Å². The van der Waals surface area contributed by atoms with Crippen LogP contribution >= 0.6 is 0 Å². The Bertz CT molecular complexity index is 837. The van der Waals surface area contributed by atoms with Crippen molar-refractivity contribution in [2.45, 2.75) is 38.1 Å². The second-order valence-corrected chi connectivity index (χ2v) is 8.13.